The van der Waals surface area contributed by atoms with Gasteiger partial charge in [0, 0.05) is 30.5 Å². The first kappa shape index (κ1) is 14.2. The topological polar surface area (TPSA) is 52.6 Å². The maximum atomic E-state index is 5.49. The maximum Gasteiger partial charge on any atom is 0.164 e. The van der Waals surface area contributed by atoms with Crippen molar-refractivity contribution < 1.29 is 14.2 Å². The standard InChI is InChI=1S/C15H18N2O3S/c1-18-11-7-13(20-3)12(19-2)6-9(11)15-17-10-4-5-16-8-14(10)21-15/h6-7,16H,4-5,8H2,1-3H3. The summed E-state index contributed by atoms with van der Waals surface area (Å²) < 4.78 is 16.2. The first-order valence-corrected chi connectivity index (χ1v) is 7.58. The molecule has 112 valence electrons. The molecule has 0 aliphatic carbocycles. The van der Waals surface area contributed by atoms with Gasteiger partial charge in [-0.3, -0.25) is 0 Å². The van der Waals surface area contributed by atoms with E-state index in [-0.39, 0.29) is 0 Å². The Labute approximate surface area is 127 Å². The molecule has 0 saturated carbocycles. The van der Waals surface area contributed by atoms with Crippen LogP contribution < -0.4 is 19.5 Å². The van der Waals surface area contributed by atoms with Crippen molar-refractivity contribution in [3.05, 3.63) is 22.7 Å². The number of hydrogen-bond acceptors (Lipinski definition) is 6. The van der Waals surface area contributed by atoms with E-state index >= 15 is 0 Å². The molecule has 0 unspecified atom stereocenters. The Bertz CT molecular complexity index is 631. The molecule has 6 heteroatoms. The van der Waals surface area contributed by atoms with Crippen molar-refractivity contribution in [1.82, 2.24) is 10.3 Å². The predicted molar refractivity (Wildman–Crippen MR) is 82.6 cm³/mol. The summed E-state index contributed by atoms with van der Waals surface area (Å²) in [5.74, 6) is 2.08. The number of ether oxygens (including phenoxy) is 3. The third kappa shape index (κ3) is 2.56. The molecule has 0 spiro atoms. The number of methoxy groups -OCH3 is 3. The molecule has 1 aromatic heterocycles. The summed E-state index contributed by atoms with van der Waals surface area (Å²) in [5, 5.41) is 4.33. The van der Waals surface area contributed by atoms with E-state index < -0.39 is 0 Å². The molecule has 0 radical (unpaired) electrons. The Morgan fingerprint density at radius 1 is 1.05 bits per heavy atom. The van der Waals surface area contributed by atoms with Crippen molar-refractivity contribution in [3.8, 4) is 27.8 Å². The Morgan fingerprint density at radius 2 is 1.76 bits per heavy atom. The zero-order chi connectivity index (χ0) is 14.8. The highest BCUT2D eigenvalue weighted by molar-refractivity contribution is 7.15. The van der Waals surface area contributed by atoms with Crippen LogP contribution in [-0.4, -0.2) is 32.9 Å². The lowest BCUT2D eigenvalue weighted by Gasteiger charge is -2.12. The number of nitrogens with zero attached hydrogens (tertiary/aromatic N) is 1. The molecule has 0 amide bonds. The molecule has 1 aromatic carbocycles. The van der Waals surface area contributed by atoms with Crippen LogP contribution in [-0.2, 0) is 13.0 Å². The fourth-order valence-corrected chi connectivity index (χ4v) is 3.54. The summed E-state index contributed by atoms with van der Waals surface area (Å²) in [4.78, 5) is 6.06. The van der Waals surface area contributed by atoms with E-state index in [1.54, 1.807) is 32.7 Å². The van der Waals surface area contributed by atoms with Crippen molar-refractivity contribution in [2.24, 2.45) is 0 Å². The molecule has 0 saturated heterocycles. The molecular formula is C15H18N2O3S. The molecule has 2 heterocycles. The lowest BCUT2D eigenvalue weighted by Crippen LogP contribution is -2.22. The van der Waals surface area contributed by atoms with Crippen LogP contribution >= 0.6 is 11.3 Å². The van der Waals surface area contributed by atoms with Crippen molar-refractivity contribution >= 4 is 11.3 Å². The van der Waals surface area contributed by atoms with Crippen LogP contribution in [0.2, 0.25) is 0 Å². The number of aromatic nitrogens is 1. The van der Waals surface area contributed by atoms with Crippen molar-refractivity contribution in [2.75, 3.05) is 27.9 Å². The van der Waals surface area contributed by atoms with Crippen LogP contribution in [0.3, 0.4) is 0 Å². The lowest BCUT2D eigenvalue weighted by molar-refractivity contribution is 0.349. The highest BCUT2D eigenvalue weighted by atomic mass is 32.1. The first-order chi connectivity index (χ1) is 10.3. The largest absolute Gasteiger partial charge is 0.496 e. The van der Waals surface area contributed by atoms with Gasteiger partial charge in [-0.2, -0.15) is 0 Å². The third-order valence-corrected chi connectivity index (χ3v) is 4.67. The highest BCUT2D eigenvalue weighted by Gasteiger charge is 2.20. The molecule has 1 aliphatic rings. The molecule has 0 atom stereocenters. The SMILES string of the molecule is COc1cc(OC)c(-c2nc3c(s2)CNCC3)cc1OC. The second kappa shape index (κ2) is 5.91. The normalized spacial score (nSPS) is 13.7. The highest BCUT2D eigenvalue weighted by Crippen LogP contribution is 2.42. The smallest absolute Gasteiger partial charge is 0.164 e. The second-order valence-electron chi connectivity index (χ2n) is 4.72. The Kier molecular flexibility index (Phi) is 3.98. The van der Waals surface area contributed by atoms with Gasteiger partial charge in [-0.15, -0.1) is 11.3 Å². The van der Waals surface area contributed by atoms with Gasteiger partial charge in [0.15, 0.2) is 11.5 Å². The fourth-order valence-electron chi connectivity index (χ4n) is 2.44. The van der Waals surface area contributed by atoms with E-state index in [1.165, 1.54) is 10.6 Å². The van der Waals surface area contributed by atoms with Crippen LogP contribution in [0.15, 0.2) is 12.1 Å². The van der Waals surface area contributed by atoms with E-state index in [9.17, 15) is 0 Å². The quantitative estimate of drug-likeness (QED) is 0.940. The number of thiazole rings is 1. The molecular weight excluding hydrogens is 288 g/mol. The Morgan fingerprint density at radius 3 is 2.43 bits per heavy atom. The van der Waals surface area contributed by atoms with Gasteiger partial charge in [0.05, 0.1) is 32.6 Å². The van der Waals surface area contributed by atoms with Gasteiger partial charge in [-0.1, -0.05) is 0 Å². The number of rotatable bonds is 4. The lowest BCUT2D eigenvalue weighted by atomic mass is 10.1. The minimum atomic E-state index is 0.654. The first-order valence-electron chi connectivity index (χ1n) is 6.76. The van der Waals surface area contributed by atoms with Crippen LogP contribution in [0, 0.1) is 0 Å². The van der Waals surface area contributed by atoms with E-state index in [0.717, 1.165) is 35.8 Å². The van der Waals surface area contributed by atoms with E-state index in [2.05, 4.69) is 5.32 Å². The van der Waals surface area contributed by atoms with Crippen LogP contribution in [0.5, 0.6) is 17.2 Å². The van der Waals surface area contributed by atoms with Crippen LogP contribution in [0.25, 0.3) is 10.6 Å². The number of hydrogen-bond donors (Lipinski definition) is 1. The summed E-state index contributed by atoms with van der Waals surface area (Å²) in [6, 6.07) is 3.77. The van der Waals surface area contributed by atoms with Gasteiger partial charge >= 0.3 is 0 Å². The molecule has 1 N–H and O–H groups in total. The molecule has 2 aromatic rings. The van der Waals surface area contributed by atoms with Crippen molar-refractivity contribution in [3.63, 3.8) is 0 Å². The third-order valence-electron chi connectivity index (χ3n) is 3.54. The van der Waals surface area contributed by atoms with E-state index in [4.69, 9.17) is 19.2 Å². The average Bonchev–Trinajstić information content (AvgIpc) is 2.97. The number of fused-ring (bicyclic) bond motifs is 1. The molecule has 0 fully saturated rings. The van der Waals surface area contributed by atoms with Gasteiger partial charge < -0.3 is 19.5 Å². The Hall–Kier alpha value is -1.79. The molecule has 1 aliphatic heterocycles. The van der Waals surface area contributed by atoms with Crippen LogP contribution in [0.4, 0.5) is 0 Å². The monoisotopic (exact) mass is 306 g/mol. The van der Waals surface area contributed by atoms with E-state index in [1.807, 2.05) is 12.1 Å². The van der Waals surface area contributed by atoms with Gasteiger partial charge in [0.2, 0.25) is 0 Å². The summed E-state index contributed by atoms with van der Waals surface area (Å²) in [6.45, 7) is 1.88. The Balaban J connectivity index is 2.10. The summed E-state index contributed by atoms with van der Waals surface area (Å²) >= 11 is 1.70. The van der Waals surface area contributed by atoms with Crippen LogP contribution in [0.1, 0.15) is 10.6 Å². The van der Waals surface area contributed by atoms with Crippen molar-refractivity contribution in [2.45, 2.75) is 13.0 Å². The minimum absolute atomic E-state index is 0.654. The van der Waals surface area contributed by atoms with E-state index in [0.29, 0.717) is 11.5 Å². The minimum Gasteiger partial charge on any atom is -0.496 e. The van der Waals surface area contributed by atoms with Gasteiger partial charge in [0.1, 0.15) is 10.8 Å². The molecule has 3 rings (SSSR count). The van der Waals surface area contributed by atoms with Gasteiger partial charge in [-0.05, 0) is 6.07 Å². The average molecular weight is 306 g/mol. The summed E-state index contributed by atoms with van der Waals surface area (Å²) in [7, 11) is 4.90. The maximum absolute atomic E-state index is 5.49. The predicted octanol–water partition coefficient (Wildman–Crippen LogP) is 2.48. The zero-order valence-electron chi connectivity index (χ0n) is 12.4. The van der Waals surface area contributed by atoms with Crippen molar-refractivity contribution in [1.29, 1.82) is 0 Å². The number of nitrogens with one attached hydrogen (secondary N) is 1. The molecule has 5 nitrogen and oxygen atoms in total. The molecule has 21 heavy (non-hydrogen) atoms. The van der Waals surface area contributed by atoms with Gasteiger partial charge in [-0.25, -0.2) is 4.98 Å². The number of benzene rings is 1. The second-order valence-corrected chi connectivity index (χ2v) is 5.81. The zero-order valence-corrected chi connectivity index (χ0v) is 13.2. The molecule has 0 bridgehead atoms. The fraction of sp³-hybridized carbons (Fsp3) is 0.400. The summed E-state index contributed by atoms with van der Waals surface area (Å²) in [5.41, 5.74) is 2.13. The summed E-state index contributed by atoms with van der Waals surface area (Å²) in [6.07, 6.45) is 0.974. The van der Waals surface area contributed by atoms with Gasteiger partial charge in [0.25, 0.3) is 0 Å².